The van der Waals surface area contributed by atoms with Gasteiger partial charge in [0.05, 0.1) is 24.7 Å². The van der Waals surface area contributed by atoms with Gasteiger partial charge in [-0.1, -0.05) is 0 Å². The maximum atomic E-state index is 11.4. The molecule has 2 aromatic rings. The number of hydrogen-bond acceptors (Lipinski definition) is 6. The molecule has 3 rings (SSSR count). The largest absolute Gasteiger partial charge is 0.507 e. The van der Waals surface area contributed by atoms with Crippen molar-refractivity contribution in [1.82, 2.24) is 4.90 Å². The molecule has 1 fully saturated rings. The molecule has 1 aromatic heterocycles. The van der Waals surface area contributed by atoms with Gasteiger partial charge in [0.15, 0.2) is 0 Å². The molecule has 2 heterocycles. The second kappa shape index (κ2) is 7.68. The Bertz CT molecular complexity index is 724. The summed E-state index contributed by atoms with van der Waals surface area (Å²) in [4.78, 5) is 13.7. The number of benzene rings is 1. The fraction of sp³-hybridized carbons (Fsp3) is 0.438. The van der Waals surface area contributed by atoms with Crippen LogP contribution in [0.1, 0.15) is 5.56 Å². The molecule has 0 amide bonds. The van der Waals surface area contributed by atoms with Crippen LogP contribution in [-0.4, -0.2) is 49.5 Å². The first kappa shape index (κ1) is 17.6. The molecule has 0 radical (unpaired) electrons. The molecule has 23 heavy (non-hydrogen) atoms. The number of hydrogen-bond donors (Lipinski definition) is 1. The highest BCUT2D eigenvalue weighted by atomic mass is 35.5. The lowest BCUT2D eigenvalue weighted by molar-refractivity contribution is 0.0322. The van der Waals surface area contributed by atoms with Gasteiger partial charge in [0.2, 0.25) is 0 Å². The van der Waals surface area contributed by atoms with Gasteiger partial charge in [-0.25, -0.2) is 4.79 Å². The highest BCUT2D eigenvalue weighted by molar-refractivity contribution is 5.87. The van der Waals surface area contributed by atoms with Gasteiger partial charge in [-0.15, -0.1) is 12.4 Å². The Balaban J connectivity index is 0.00000192. The van der Waals surface area contributed by atoms with E-state index >= 15 is 0 Å². The molecule has 7 heteroatoms. The van der Waals surface area contributed by atoms with Gasteiger partial charge in [-0.3, -0.25) is 4.90 Å². The van der Waals surface area contributed by atoms with E-state index < -0.39 is 5.63 Å². The molecule has 1 saturated heterocycles. The van der Waals surface area contributed by atoms with Crippen molar-refractivity contribution >= 4 is 23.4 Å². The molecule has 6 nitrogen and oxygen atoms in total. The molecule has 126 valence electrons. The molecular weight excluding hydrogens is 322 g/mol. The average molecular weight is 342 g/mol. The third kappa shape index (κ3) is 3.96. The van der Waals surface area contributed by atoms with Crippen molar-refractivity contribution in [3.8, 4) is 11.5 Å². The van der Waals surface area contributed by atoms with Gasteiger partial charge >= 0.3 is 5.63 Å². The summed E-state index contributed by atoms with van der Waals surface area (Å²) < 4.78 is 16.3. The predicted octanol–water partition coefficient (Wildman–Crippen LogP) is 1.94. The Kier molecular flexibility index (Phi) is 5.87. The van der Waals surface area contributed by atoms with Crippen molar-refractivity contribution in [3.63, 3.8) is 0 Å². The molecule has 1 N–H and O–H groups in total. The van der Waals surface area contributed by atoms with Crippen LogP contribution in [0.2, 0.25) is 0 Å². The molecule has 0 saturated carbocycles. The van der Waals surface area contributed by atoms with E-state index in [2.05, 4.69) is 4.90 Å². The lowest BCUT2D eigenvalue weighted by Gasteiger charge is -2.26. The molecule has 0 aliphatic carbocycles. The van der Waals surface area contributed by atoms with Crippen LogP contribution in [0.25, 0.3) is 11.0 Å². The van der Waals surface area contributed by atoms with E-state index in [1.54, 1.807) is 12.1 Å². The number of ether oxygens (including phenoxy) is 2. The lowest BCUT2D eigenvalue weighted by Crippen LogP contribution is -2.38. The Hall–Kier alpha value is -1.76. The van der Waals surface area contributed by atoms with Gasteiger partial charge in [-0.05, 0) is 19.1 Å². The fourth-order valence-corrected chi connectivity index (χ4v) is 2.59. The number of morpholine rings is 1. The number of nitrogens with zero attached hydrogens (tertiary/aromatic N) is 1. The smallest absolute Gasteiger partial charge is 0.339 e. The van der Waals surface area contributed by atoms with Crippen molar-refractivity contribution in [2.75, 3.05) is 39.5 Å². The standard InChI is InChI=1S/C16H19NO5.ClH/c1-11-14(21-9-6-17-4-7-20-8-5-17)3-2-12-13(18)10-15(19)22-16(11)12;/h2-3,10,18H,4-9H2,1H3;1H. The monoisotopic (exact) mass is 341 g/mol. The SMILES string of the molecule is Cc1c(OCCN2CCOCC2)ccc2c(O)cc(=O)oc12.Cl. The van der Waals surface area contributed by atoms with Crippen LogP contribution in [0.5, 0.6) is 11.5 Å². The molecule has 1 aliphatic heterocycles. The van der Waals surface area contributed by atoms with E-state index in [4.69, 9.17) is 13.9 Å². The summed E-state index contributed by atoms with van der Waals surface area (Å²) in [5.74, 6) is 0.587. The number of aryl methyl sites for hydroxylation is 1. The highest BCUT2D eigenvalue weighted by Gasteiger charge is 2.13. The summed E-state index contributed by atoms with van der Waals surface area (Å²) in [6.07, 6.45) is 0. The molecule has 0 spiro atoms. The molecule has 0 atom stereocenters. The maximum Gasteiger partial charge on any atom is 0.339 e. The number of rotatable bonds is 4. The van der Waals surface area contributed by atoms with Gasteiger partial charge in [0.1, 0.15) is 23.7 Å². The summed E-state index contributed by atoms with van der Waals surface area (Å²) in [5, 5.41) is 10.3. The molecular formula is C16H20ClNO5. The predicted molar refractivity (Wildman–Crippen MR) is 88.9 cm³/mol. The Morgan fingerprint density at radius 2 is 2.04 bits per heavy atom. The van der Waals surface area contributed by atoms with Gasteiger partial charge in [0.25, 0.3) is 0 Å². The van der Waals surface area contributed by atoms with Crippen LogP contribution in [0.4, 0.5) is 0 Å². The van der Waals surface area contributed by atoms with Gasteiger partial charge in [-0.2, -0.15) is 0 Å². The minimum atomic E-state index is -0.571. The van der Waals surface area contributed by atoms with E-state index in [9.17, 15) is 9.90 Å². The van der Waals surface area contributed by atoms with Crippen molar-refractivity contribution in [2.24, 2.45) is 0 Å². The third-order valence-electron chi connectivity index (χ3n) is 3.86. The molecule has 1 aliphatic rings. The van der Waals surface area contributed by atoms with Crippen molar-refractivity contribution in [1.29, 1.82) is 0 Å². The lowest BCUT2D eigenvalue weighted by atomic mass is 10.1. The Labute approximate surface area is 140 Å². The van der Waals surface area contributed by atoms with Crippen LogP contribution in [0.3, 0.4) is 0 Å². The van der Waals surface area contributed by atoms with Crippen molar-refractivity contribution < 1.29 is 19.0 Å². The molecule has 1 aromatic carbocycles. The van der Waals surface area contributed by atoms with E-state index in [1.807, 2.05) is 6.92 Å². The number of halogens is 1. The average Bonchev–Trinajstić information content (AvgIpc) is 2.51. The van der Waals surface area contributed by atoms with Crippen LogP contribution in [-0.2, 0) is 4.74 Å². The van der Waals surface area contributed by atoms with Crippen LogP contribution >= 0.6 is 12.4 Å². The summed E-state index contributed by atoms with van der Waals surface area (Å²) in [6.45, 7) is 6.56. The topological polar surface area (TPSA) is 72.1 Å². The van der Waals surface area contributed by atoms with Gasteiger partial charge < -0.3 is 19.0 Å². The second-order valence-electron chi connectivity index (χ2n) is 5.32. The minimum Gasteiger partial charge on any atom is -0.507 e. The van der Waals surface area contributed by atoms with E-state index in [0.717, 1.165) is 38.9 Å². The Morgan fingerprint density at radius 1 is 1.30 bits per heavy atom. The van der Waals surface area contributed by atoms with Crippen LogP contribution < -0.4 is 10.4 Å². The van der Waals surface area contributed by atoms with Gasteiger partial charge in [0, 0.05) is 25.2 Å². The summed E-state index contributed by atoms with van der Waals surface area (Å²) in [7, 11) is 0. The zero-order valence-electron chi connectivity index (χ0n) is 12.9. The summed E-state index contributed by atoms with van der Waals surface area (Å²) in [6, 6.07) is 4.56. The second-order valence-corrected chi connectivity index (χ2v) is 5.32. The maximum absolute atomic E-state index is 11.4. The van der Waals surface area contributed by atoms with E-state index in [1.165, 1.54) is 0 Å². The number of aromatic hydroxyl groups is 1. The Morgan fingerprint density at radius 3 is 2.78 bits per heavy atom. The fourth-order valence-electron chi connectivity index (χ4n) is 2.59. The number of fused-ring (bicyclic) bond motifs is 1. The normalized spacial score (nSPS) is 15.3. The van der Waals surface area contributed by atoms with Crippen molar-refractivity contribution in [2.45, 2.75) is 6.92 Å². The molecule has 0 bridgehead atoms. The summed E-state index contributed by atoms with van der Waals surface area (Å²) in [5.41, 5.74) is 0.514. The zero-order chi connectivity index (χ0) is 15.5. The van der Waals surface area contributed by atoms with E-state index in [-0.39, 0.29) is 18.2 Å². The van der Waals surface area contributed by atoms with Crippen LogP contribution in [0.15, 0.2) is 27.4 Å². The first-order valence-electron chi connectivity index (χ1n) is 7.34. The first-order valence-corrected chi connectivity index (χ1v) is 7.34. The molecule has 0 unspecified atom stereocenters. The highest BCUT2D eigenvalue weighted by Crippen LogP contribution is 2.30. The first-order chi connectivity index (χ1) is 10.6. The zero-order valence-corrected chi connectivity index (χ0v) is 13.7. The summed E-state index contributed by atoms with van der Waals surface area (Å²) >= 11 is 0. The minimum absolute atomic E-state index is 0. The van der Waals surface area contributed by atoms with E-state index in [0.29, 0.717) is 28.9 Å². The third-order valence-corrected chi connectivity index (χ3v) is 3.86. The van der Waals surface area contributed by atoms with Crippen LogP contribution in [0, 0.1) is 6.92 Å². The quantitative estimate of drug-likeness (QED) is 0.857. The van der Waals surface area contributed by atoms with Crippen molar-refractivity contribution in [3.05, 3.63) is 34.2 Å².